The number of halogens is 1. The zero-order valence-electron chi connectivity index (χ0n) is 16.8. The molecular formula is C22H23ClN2O5. The molecule has 2 N–H and O–H groups in total. The summed E-state index contributed by atoms with van der Waals surface area (Å²) >= 11 is 6.00. The lowest BCUT2D eigenvalue weighted by atomic mass is 10.1. The van der Waals surface area contributed by atoms with Crippen LogP contribution in [0.3, 0.4) is 0 Å². The number of carbonyl (C=O) groups excluding carboxylic acids is 4. The van der Waals surface area contributed by atoms with Crippen molar-refractivity contribution >= 4 is 46.5 Å². The fourth-order valence-corrected chi connectivity index (χ4v) is 2.75. The molecule has 0 radical (unpaired) electrons. The fraction of sp³-hybridized carbons (Fsp3) is 0.273. The molecule has 0 atom stereocenters. The average molecular weight is 431 g/mol. The minimum Gasteiger partial charge on any atom is -0.456 e. The summed E-state index contributed by atoms with van der Waals surface area (Å²) < 4.78 is 4.94. The number of benzene rings is 2. The molecule has 8 heteroatoms. The Balaban J connectivity index is 1.68. The van der Waals surface area contributed by atoms with Crippen LogP contribution in [0, 0.1) is 6.92 Å². The second kappa shape index (κ2) is 11.1. The van der Waals surface area contributed by atoms with Gasteiger partial charge >= 0.3 is 5.97 Å². The highest BCUT2D eigenvalue weighted by molar-refractivity contribution is 6.31. The SMILES string of the molecule is CC(=O)c1cccc(NC(=O)CCCC(=O)OCC(=O)Nc2cccc(Cl)c2C)c1. The van der Waals surface area contributed by atoms with Crippen LogP contribution in [-0.2, 0) is 19.1 Å². The van der Waals surface area contributed by atoms with Gasteiger partial charge in [0.05, 0.1) is 0 Å². The van der Waals surface area contributed by atoms with Crippen LogP contribution in [0.25, 0.3) is 0 Å². The Morgan fingerprint density at radius 1 is 0.967 bits per heavy atom. The third kappa shape index (κ3) is 7.33. The summed E-state index contributed by atoms with van der Waals surface area (Å²) in [6.45, 7) is 2.79. The maximum atomic E-state index is 12.0. The molecule has 0 saturated carbocycles. The van der Waals surface area contributed by atoms with Crippen molar-refractivity contribution in [1.82, 2.24) is 0 Å². The summed E-state index contributed by atoms with van der Waals surface area (Å²) in [6, 6.07) is 11.7. The standard InChI is InChI=1S/C22H23ClN2O5/c1-14-18(23)8-4-9-19(14)25-21(28)13-30-22(29)11-5-10-20(27)24-17-7-3-6-16(12-17)15(2)26/h3-4,6-9,12H,5,10-11,13H2,1-2H3,(H,24,27)(H,25,28). The first-order valence-electron chi connectivity index (χ1n) is 9.37. The van der Waals surface area contributed by atoms with Crippen LogP contribution in [-0.4, -0.2) is 30.2 Å². The Bertz CT molecular complexity index is 958. The topological polar surface area (TPSA) is 102 Å². The lowest BCUT2D eigenvalue weighted by molar-refractivity contribution is -0.147. The number of hydrogen-bond acceptors (Lipinski definition) is 5. The van der Waals surface area contributed by atoms with E-state index in [1.807, 2.05) is 0 Å². The van der Waals surface area contributed by atoms with E-state index in [4.69, 9.17) is 16.3 Å². The van der Waals surface area contributed by atoms with E-state index in [-0.39, 0.29) is 31.0 Å². The lowest BCUT2D eigenvalue weighted by Gasteiger charge is -2.10. The van der Waals surface area contributed by atoms with Crippen molar-refractivity contribution in [3.05, 3.63) is 58.6 Å². The molecule has 30 heavy (non-hydrogen) atoms. The number of hydrogen-bond donors (Lipinski definition) is 2. The third-order valence-corrected chi connectivity index (χ3v) is 4.65. The first-order chi connectivity index (χ1) is 14.3. The van der Waals surface area contributed by atoms with E-state index in [1.54, 1.807) is 49.4 Å². The van der Waals surface area contributed by atoms with Gasteiger partial charge in [-0.3, -0.25) is 19.2 Å². The molecule has 7 nitrogen and oxygen atoms in total. The maximum absolute atomic E-state index is 12.0. The zero-order valence-corrected chi connectivity index (χ0v) is 17.5. The lowest BCUT2D eigenvalue weighted by Crippen LogP contribution is -2.21. The largest absolute Gasteiger partial charge is 0.456 e. The Hall–Kier alpha value is -3.19. The van der Waals surface area contributed by atoms with E-state index in [0.29, 0.717) is 22.0 Å². The van der Waals surface area contributed by atoms with Crippen LogP contribution < -0.4 is 10.6 Å². The van der Waals surface area contributed by atoms with Crippen molar-refractivity contribution in [3.63, 3.8) is 0 Å². The number of carbonyl (C=O) groups is 4. The van der Waals surface area contributed by atoms with Crippen LogP contribution >= 0.6 is 11.6 Å². The quantitative estimate of drug-likeness (QED) is 0.459. The first-order valence-corrected chi connectivity index (χ1v) is 9.75. The summed E-state index contributed by atoms with van der Waals surface area (Å²) in [5, 5.41) is 5.84. The van der Waals surface area contributed by atoms with Crippen molar-refractivity contribution in [2.24, 2.45) is 0 Å². The highest BCUT2D eigenvalue weighted by atomic mass is 35.5. The maximum Gasteiger partial charge on any atom is 0.306 e. The molecule has 0 bridgehead atoms. The second-order valence-electron chi connectivity index (χ2n) is 6.66. The van der Waals surface area contributed by atoms with Crippen molar-refractivity contribution in [1.29, 1.82) is 0 Å². The van der Waals surface area contributed by atoms with Gasteiger partial charge < -0.3 is 15.4 Å². The van der Waals surface area contributed by atoms with E-state index < -0.39 is 18.5 Å². The molecule has 0 aliphatic rings. The predicted octanol–water partition coefficient (Wildman–Crippen LogP) is 4.14. The number of rotatable bonds is 9. The molecule has 0 unspecified atom stereocenters. The molecule has 2 rings (SSSR count). The van der Waals surface area contributed by atoms with Gasteiger partial charge in [-0.05, 0) is 50.1 Å². The van der Waals surface area contributed by atoms with Gasteiger partial charge in [0.1, 0.15) is 0 Å². The monoisotopic (exact) mass is 430 g/mol. The normalized spacial score (nSPS) is 10.2. The molecule has 2 aromatic carbocycles. The van der Waals surface area contributed by atoms with Crippen LogP contribution in [0.15, 0.2) is 42.5 Å². The number of Topliss-reactive ketones (excluding diaryl/α,β-unsaturated/α-hetero) is 1. The number of ether oxygens (including phenoxy) is 1. The van der Waals surface area contributed by atoms with E-state index in [2.05, 4.69) is 10.6 Å². The van der Waals surface area contributed by atoms with Crippen molar-refractivity contribution in [2.75, 3.05) is 17.2 Å². The molecule has 0 aromatic heterocycles. The molecule has 0 spiro atoms. The van der Waals surface area contributed by atoms with Crippen LogP contribution in [0.4, 0.5) is 11.4 Å². The molecule has 158 valence electrons. The smallest absolute Gasteiger partial charge is 0.306 e. The van der Waals surface area contributed by atoms with Crippen LogP contribution in [0.2, 0.25) is 5.02 Å². The Morgan fingerprint density at radius 3 is 2.43 bits per heavy atom. The molecule has 0 fully saturated rings. The second-order valence-corrected chi connectivity index (χ2v) is 7.07. The zero-order chi connectivity index (χ0) is 22.1. The van der Waals surface area contributed by atoms with Crippen LogP contribution in [0.1, 0.15) is 42.1 Å². The molecule has 0 saturated heterocycles. The summed E-state index contributed by atoms with van der Waals surface area (Å²) in [5.41, 5.74) is 2.29. The number of anilines is 2. The van der Waals surface area contributed by atoms with Gasteiger partial charge in [-0.15, -0.1) is 0 Å². The van der Waals surface area contributed by atoms with E-state index in [9.17, 15) is 19.2 Å². The third-order valence-electron chi connectivity index (χ3n) is 4.24. The summed E-state index contributed by atoms with van der Waals surface area (Å²) in [6.07, 6.45) is 0.379. The highest BCUT2D eigenvalue weighted by Gasteiger charge is 2.11. The van der Waals surface area contributed by atoms with E-state index in [0.717, 1.165) is 5.56 Å². The molecule has 2 aromatic rings. The van der Waals surface area contributed by atoms with Gasteiger partial charge in [-0.1, -0.05) is 29.8 Å². The number of amides is 2. The van der Waals surface area contributed by atoms with Gasteiger partial charge in [-0.25, -0.2) is 0 Å². The van der Waals surface area contributed by atoms with Crippen molar-refractivity contribution in [3.8, 4) is 0 Å². The van der Waals surface area contributed by atoms with Gasteiger partial charge in [0.15, 0.2) is 12.4 Å². The molecule has 0 aliphatic carbocycles. The Labute approximate surface area is 179 Å². The van der Waals surface area contributed by atoms with Gasteiger partial charge in [-0.2, -0.15) is 0 Å². The molecular weight excluding hydrogens is 408 g/mol. The summed E-state index contributed by atoms with van der Waals surface area (Å²) in [4.78, 5) is 47.1. The minimum absolute atomic E-state index is 0.00434. The average Bonchev–Trinajstić information content (AvgIpc) is 2.70. The summed E-state index contributed by atoms with van der Waals surface area (Å²) in [5.74, 6) is -1.42. The molecule has 0 aliphatic heterocycles. The first kappa shape index (κ1) is 23.1. The Kier molecular flexibility index (Phi) is 8.55. The van der Waals surface area contributed by atoms with Gasteiger partial charge in [0.2, 0.25) is 5.91 Å². The molecule has 0 heterocycles. The summed E-state index contributed by atoms with van der Waals surface area (Å²) in [7, 11) is 0. The van der Waals surface area contributed by atoms with Crippen LogP contribution in [0.5, 0.6) is 0 Å². The number of nitrogens with one attached hydrogen (secondary N) is 2. The highest BCUT2D eigenvalue weighted by Crippen LogP contribution is 2.22. The predicted molar refractivity (Wildman–Crippen MR) is 115 cm³/mol. The Morgan fingerprint density at radius 2 is 1.70 bits per heavy atom. The van der Waals surface area contributed by atoms with Gasteiger partial charge in [0.25, 0.3) is 5.91 Å². The van der Waals surface area contributed by atoms with E-state index in [1.165, 1.54) is 6.92 Å². The fourth-order valence-electron chi connectivity index (χ4n) is 2.58. The van der Waals surface area contributed by atoms with Crippen molar-refractivity contribution < 1.29 is 23.9 Å². The van der Waals surface area contributed by atoms with E-state index >= 15 is 0 Å². The van der Waals surface area contributed by atoms with Gasteiger partial charge in [0, 0.05) is 34.8 Å². The molecule has 2 amide bonds. The minimum atomic E-state index is -0.570. The number of ketones is 1. The number of esters is 1. The van der Waals surface area contributed by atoms with Crippen molar-refractivity contribution in [2.45, 2.75) is 33.1 Å².